The highest BCUT2D eigenvalue weighted by Gasteiger charge is 1.95. The third kappa shape index (κ3) is 16.1. The molecule has 0 saturated heterocycles. The third-order valence-corrected chi connectivity index (χ3v) is 1.25. The Kier molecular flexibility index (Phi) is 15.1. The molecule has 0 atom stereocenters. The lowest BCUT2D eigenvalue weighted by atomic mass is 10.4. The highest BCUT2D eigenvalue weighted by Crippen LogP contribution is 1.76. The second-order valence-electron chi connectivity index (χ2n) is 2.36. The normalized spacial score (nSPS) is 9.20. The molecule has 0 aliphatic rings. The number of hydrogen-bond acceptors (Lipinski definition) is 5. The number of nitrogens with one attached hydrogen (secondary N) is 1. The van der Waals surface area contributed by atoms with Crippen LogP contribution in [0.4, 0.5) is 4.79 Å². The number of carbonyl (C=O) groups excluding carboxylic acids is 1. The monoisotopic (exact) mass is 243 g/mol. The van der Waals surface area contributed by atoms with Gasteiger partial charge in [-0.1, -0.05) is 0 Å². The molecule has 92 valence electrons. The average molecular weight is 244 g/mol. The zero-order valence-electron chi connectivity index (χ0n) is 8.65. The predicted molar refractivity (Wildman–Crippen MR) is 55.9 cm³/mol. The lowest BCUT2D eigenvalue weighted by Gasteiger charge is -2.00. The predicted octanol–water partition coefficient (Wildman–Crippen LogP) is -0.697. The van der Waals surface area contributed by atoms with Gasteiger partial charge in [0.15, 0.2) is 0 Å². The number of alkyl halides is 1. The first kappa shape index (κ1) is 16.9. The van der Waals surface area contributed by atoms with Gasteiger partial charge in [0, 0.05) is 12.4 Å². The van der Waals surface area contributed by atoms with Crippen LogP contribution in [0.25, 0.3) is 0 Å². The average Bonchev–Trinajstić information content (AvgIpc) is 2.26. The Balaban J connectivity index is 0. The van der Waals surface area contributed by atoms with Gasteiger partial charge in [-0.15, -0.1) is 11.6 Å². The van der Waals surface area contributed by atoms with Crippen molar-refractivity contribution in [1.82, 2.24) is 5.32 Å². The van der Waals surface area contributed by atoms with E-state index in [-0.39, 0.29) is 13.2 Å². The van der Waals surface area contributed by atoms with Crippen molar-refractivity contribution in [3.8, 4) is 0 Å². The summed E-state index contributed by atoms with van der Waals surface area (Å²) >= 11 is 5.28. The van der Waals surface area contributed by atoms with Gasteiger partial charge in [-0.3, -0.25) is 0 Å². The van der Waals surface area contributed by atoms with E-state index in [0.29, 0.717) is 19.0 Å². The molecule has 0 fully saturated rings. The van der Waals surface area contributed by atoms with E-state index in [1.807, 2.05) is 0 Å². The van der Waals surface area contributed by atoms with Crippen molar-refractivity contribution >= 4 is 17.7 Å². The topological polar surface area (TPSA) is 99.0 Å². The molecular formula is C8H18ClNO5. The third-order valence-electron chi connectivity index (χ3n) is 1.06. The number of amides is 1. The first-order valence-corrected chi connectivity index (χ1v) is 5.02. The van der Waals surface area contributed by atoms with Crippen LogP contribution < -0.4 is 5.32 Å². The van der Waals surface area contributed by atoms with Crippen LogP contribution in [0, 0.1) is 0 Å². The second-order valence-corrected chi connectivity index (χ2v) is 2.73. The number of aliphatic hydroxyl groups is 3. The first-order valence-electron chi connectivity index (χ1n) is 4.48. The van der Waals surface area contributed by atoms with Crippen molar-refractivity contribution in [2.75, 3.05) is 32.2 Å². The minimum absolute atomic E-state index is 0.365. The molecule has 0 heterocycles. The van der Waals surface area contributed by atoms with Gasteiger partial charge in [-0.25, -0.2) is 4.79 Å². The van der Waals surface area contributed by atoms with E-state index in [2.05, 4.69) is 10.1 Å². The molecule has 15 heavy (non-hydrogen) atoms. The second kappa shape index (κ2) is 13.4. The lowest BCUT2D eigenvalue weighted by Crippen LogP contribution is -2.25. The number of ether oxygens (including phenoxy) is 1. The highest BCUT2D eigenvalue weighted by atomic mass is 35.5. The molecular weight excluding hydrogens is 226 g/mol. The summed E-state index contributed by atoms with van der Waals surface area (Å²) in [4.78, 5) is 10.4. The summed E-state index contributed by atoms with van der Waals surface area (Å²) in [6.07, 6.45) is -1.36. The van der Waals surface area contributed by atoms with Gasteiger partial charge in [0.05, 0.1) is 19.8 Å². The van der Waals surface area contributed by atoms with Crippen LogP contribution >= 0.6 is 11.6 Å². The Morgan fingerprint density at radius 3 is 2.27 bits per heavy atom. The summed E-state index contributed by atoms with van der Waals surface area (Å²) in [6, 6.07) is 0. The van der Waals surface area contributed by atoms with E-state index < -0.39 is 12.2 Å². The molecule has 7 heteroatoms. The molecule has 0 aromatic rings. The molecule has 0 aliphatic carbocycles. The Bertz CT molecular complexity index is 143. The fraction of sp³-hybridized carbons (Fsp3) is 0.875. The van der Waals surface area contributed by atoms with E-state index >= 15 is 0 Å². The Morgan fingerprint density at radius 2 is 2.00 bits per heavy atom. The van der Waals surface area contributed by atoms with E-state index in [1.165, 1.54) is 0 Å². The van der Waals surface area contributed by atoms with Crippen LogP contribution in [0.2, 0.25) is 0 Å². The molecule has 1 amide bonds. The van der Waals surface area contributed by atoms with Crippen LogP contribution in [-0.2, 0) is 4.74 Å². The van der Waals surface area contributed by atoms with E-state index in [1.54, 1.807) is 6.92 Å². The Labute approximate surface area is 93.8 Å². The minimum atomic E-state index is -0.954. The highest BCUT2D eigenvalue weighted by molar-refractivity contribution is 6.18. The van der Waals surface area contributed by atoms with Crippen LogP contribution in [0.3, 0.4) is 0 Å². The largest absolute Gasteiger partial charge is 0.450 e. The zero-order valence-corrected chi connectivity index (χ0v) is 9.40. The zero-order chi connectivity index (χ0) is 12.1. The van der Waals surface area contributed by atoms with Gasteiger partial charge in [-0.05, 0) is 6.92 Å². The van der Waals surface area contributed by atoms with Gasteiger partial charge >= 0.3 is 6.09 Å². The van der Waals surface area contributed by atoms with Crippen LogP contribution in [0.15, 0.2) is 0 Å². The minimum Gasteiger partial charge on any atom is -0.450 e. The fourth-order valence-corrected chi connectivity index (χ4v) is 0.484. The molecule has 0 rings (SSSR count). The summed E-state index contributed by atoms with van der Waals surface area (Å²) in [5.41, 5.74) is 0. The first-order chi connectivity index (χ1) is 7.12. The maximum Gasteiger partial charge on any atom is 0.407 e. The summed E-state index contributed by atoms with van der Waals surface area (Å²) in [5, 5.41) is 26.5. The molecule has 6 nitrogen and oxygen atoms in total. The number of aliphatic hydroxyl groups excluding tert-OH is 3. The fourth-order valence-electron chi connectivity index (χ4n) is 0.389. The Morgan fingerprint density at radius 1 is 1.47 bits per heavy atom. The molecule has 0 aliphatic heterocycles. The maximum absolute atomic E-state index is 10.4. The van der Waals surface area contributed by atoms with Gasteiger partial charge in [0.1, 0.15) is 6.10 Å². The molecule has 4 N–H and O–H groups in total. The number of hydrogen-bond donors (Lipinski definition) is 4. The summed E-state index contributed by atoms with van der Waals surface area (Å²) < 4.78 is 4.54. The van der Waals surface area contributed by atoms with E-state index in [0.717, 1.165) is 0 Å². The van der Waals surface area contributed by atoms with E-state index in [4.69, 9.17) is 26.9 Å². The SMILES string of the molecule is CCOC(=O)NCCCl.OCC(O)CO. The van der Waals surface area contributed by atoms with Gasteiger partial charge in [0.25, 0.3) is 0 Å². The van der Waals surface area contributed by atoms with Gasteiger partial charge in [-0.2, -0.15) is 0 Å². The standard InChI is InChI=1S/C5H10ClNO2.C3H8O3/c1-2-9-5(8)7-4-3-6;4-1-3(6)2-5/h2-4H2,1H3,(H,7,8);3-6H,1-2H2. The maximum atomic E-state index is 10.4. The lowest BCUT2D eigenvalue weighted by molar-refractivity contribution is 0.0450. The van der Waals surface area contributed by atoms with Crippen molar-refractivity contribution in [2.24, 2.45) is 0 Å². The van der Waals surface area contributed by atoms with Crippen molar-refractivity contribution in [2.45, 2.75) is 13.0 Å². The van der Waals surface area contributed by atoms with Gasteiger partial charge < -0.3 is 25.4 Å². The number of rotatable bonds is 5. The van der Waals surface area contributed by atoms with Gasteiger partial charge in [0.2, 0.25) is 0 Å². The quantitative estimate of drug-likeness (QED) is 0.479. The van der Waals surface area contributed by atoms with Crippen LogP contribution in [0.5, 0.6) is 0 Å². The molecule has 0 radical (unpaired) electrons. The number of halogens is 1. The van der Waals surface area contributed by atoms with E-state index in [9.17, 15) is 4.79 Å². The number of alkyl carbamates (subject to hydrolysis) is 1. The Hall–Kier alpha value is -0.560. The molecule has 0 unspecified atom stereocenters. The number of carbonyl (C=O) groups is 1. The van der Waals surface area contributed by atoms with Crippen molar-refractivity contribution in [3.05, 3.63) is 0 Å². The van der Waals surface area contributed by atoms with Crippen molar-refractivity contribution in [1.29, 1.82) is 0 Å². The molecule has 0 aromatic carbocycles. The molecule has 0 saturated carbocycles. The summed E-state index contributed by atoms with van der Waals surface area (Å²) in [6.45, 7) is 1.88. The van der Waals surface area contributed by atoms with Crippen LogP contribution in [0.1, 0.15) is 6.92 Å². The smallest absolute Gasteiger partial charge is 0.407 e. The van der Waals surface area contributed by atoms with Crippen LogP contribution in [-0.4, -0.2) is 59.8 Å². The van der Waals surface area contributed by atoms with Crippen molar-refractivity contribution < 1.29 is 24.9 Å². The molecule has 0 bridgehead atoms. The molecule has 0 aromatic heterocycles. The summed E-state index contributed by atoms with van der Waals surface area (Å²) in [5.74, 6) is 0.415. The van der Waals surface area contributed by atoms with Crippen molar-refractivity contribution in [3.63, 3.8) is 0 Å². The summed E-state index contributed by atoms with van der Waals surface area (Å²) in [7, 11) is 0. The molecule has 0 spiro atoms.